The van der Waals surface area contributed by atoms with Crippen LogP contribution in [0.1, 0.15) is 19.8 Å². The van der Waals surface area contributed by atoms with E-state index in [1.807, 2.05) is 0 Å². The highest BCUT2D eigenvalue weighted by Crippen LogP contribution is 2.31. The Bertz CT molecular complexity index is 163. The number of hydrogen-bond acceptors (Lipinski definition) is 1. The van der Waals surface area contributed by atoms with Gasteiger partial charge in [-0.1, -0.05) is 0 Å². The largest absolute Gasteiger partial charge is 0.481 e. The van der Waals surface area contributed by atoms with Gasteiger partial charge in [-0.05, 0) is 19.8 Å². The van der Waals surface area contributed by atoms with Crippen LogP contribution in [0.15, 0.2) is 0 Å². The average molecular weight is 201 g/mol. The molecule has 0 aromatic carbocycles. The van der Waals surface area contributed by atoms with Gasteiger partial charge in [0.2, 0.25) is 0 Å². The first-order valence-electron chi connectivity index (χ1n) is 3.52. The highest BCUT2D eigenvalue weighted by atomic mass is 35.5. The Balaban J connectivity index is 4.29. The number of carbonyl (C=O) groups is 1. The van der Waals surface area contributed by atoms with Gasteiger partial charge in [-0.15, -0.1) is 11.6 Å². The second-order valence-electron chi connectivity index (χ2n) is 2.82. The maximum Gasteiger partial charge on any atom is 0.315 e. The highest BCUT2D eigenvalue weighted by Gasteiger charge is 2.42. The Labute approximate surface area is 74.5 Å². The number of hydrogen-bond donors (Lipinski definition) is 1. The zero-order valence-electron chi connectivity index (χ0n) is 6.69. The molecule has 0 saturated carbocycles. The molecule has 0 saturated heterocycles. The fourth-order valence-corrected chi connectivity index (χ4v) is 0.877. The fraction of sp³-hybridized carbons (Fsp3) is 0.857. The Morgan fingerprint density at radius 3 is 2.42 bits per heavy atom. The number of aliphatic carboxylic acids is 1. The lowest BCUT2D eigenvalue weighted by Crippen LogP contribution is -2.35. The lowest BCUT2D eigenvalue weighted by Gasteiger charge is -2.22. The van der Waals surface area contributed by atoms with Gasteiger partial charge in [0.15, 0.2) is 0 Å². The van der Waals surface area contributed by atoms with E-state index in [1.165, 1.54) is 0 Å². The topological polar surface area (TPSA) is 37.3 Å². The van der Waals surface area contributed by atoms with E-state index < -0.39 is 17.8 Å². The van der Waals surface area contributed by atoms with E-state index in [0.29, 0.717) is 0 Å². The van der Waals surface area contributed by atoms with E-state index in [2.05, 4.69) is 0 Å². The molecule has 0 fully saturated rings. The minimum Gasteiger partial charge on any atom is -0.481 e. The molecule has 0 aromatic rings. The van der Waals surface area contributed by atoms with E-state index in [9.17, 15) is 13.6 Å². The molecule has 0 aliphatic heterocycles. The molecule has 0 aromatic heterocycles. The van der Waals surface area contributed by atoms with Gasteiger partial charge in [0.1, 0.15) is 5.41 Å². The van der Waals surface area contributed by atoms with E-state index in [0.717, 1.165) is 6.92 Å². The molecule has 0 radical (unpaired) electrons. The van der Waals surface area contributed by atoms with Crippen molar-refractivity contribution in [3.8, 4) is 0 Å². The molecule has 12 heavy (non-hydrogen) atoms. The molecule has 0 rings (SSSR count). The van der Waals surface area contributed by atoms with Crippen LogP contribution in [0.4, 0.5) is 8.78 Å². The van der Waals surface area contributed by atoms with Gasteiger partial charge in [-0.2, -0.15) is 0 Å². The lowest BCUT2D eigenvalue weighted by atomic mass is 9.86. The van der Waals surface area contributed by atoms with Crippen LogP contribution in [0.5, 0.6) is 0 Å². The quantitative estimate of drug-likeness (QED) is 0.692. The maximum absolute atomic E-state index is 12.2. The standard InChI is InChI=1S/C7H11ClF2O2/c1-7(5(9)10,6(11)12)3-2-4-8/h5H,2-4H2,1H3,(H,11,12). The van der Waals surface area contributed by atoms with E-state index in [-0.39, 0.29) is 18.7 Å². The normalized spacial score (nSPS) is 16.1. The van der Waals surface area contributed by atoms with Crippen molar-refractivity contribution in [1.82, 2.24) is 0 Å². The Kier molecular flexibility index (Phi) is 4.45. The number of carboxylic acid groups (broad SMARTS) is 1. The first kappa shape index (κ1) is 11.6. The molecule has 72 valence electrons. The van der Waals surface area contributed by atoms with Crippen LogP contribution in [0.3, 0.4) is 0 Å². The molecule has 0 bridgehead atoms. The minimum absolute atomic E-state index is 0.0938. The monoisotopic (exact) mass is 200 g/mol. The number of halogens is 3. The Morgan fingerprint density at radius 1 is 1.67 bits per heavy atom. The Hall–Kier alpha value is -0.380. The average Bonchev–Trinajstić information content (AvgIpc) is 1.99. The van der Waals surface area contributed by atoms with E-state index in [4.69, 9.17) is 16.7 Å². The molecule has 2 nitrogen and oxygen atoms in total. The summed E-state index contributed by atoms with van der Waals surface area (Å²) >= 11 is 5.28. The molecule has 0 heterocycles. The summed E-state index contributed by atoms with van der Waals surface area (Å²) in [5.74, 6) is -1.27. The van der Waals surface area contributed by atoms with Crippen molar-refractivity contribution in [3.63, 3.8) is 0 Å². The summed E-state index contributed by atoms with van der Waals surface area (Å²) < 4.78 is 24.5. The van der Waals surface area contributed by atoms with Crippen molar-refractivity contribution in [2.45, 2.75) is 26.2 Å². The first-order valence-corrected chi connectivity index (χ1v) is 4.06. The van der Waals surface area contributed by atoms with Crippen molar-refractivity contribution in [1.29, 1.82) is 0 Å². The van der Waals surface area contributed by atoms with Gasteiger partial charge in [-0.3, -0.25) is 4.79 Å². The molecule has 1 atom stereocenters. The first-order chi connectivity index (χ1) is 5.45. The smallest absolute Gasteiger partial charge is 0.315 e. The maximum atomic E-state index is 12.2. The fourth-order valence-electron chi connectivity index (χ4n) is 0.743. The molecule has 0 amide bonds. The molecular weight excluding hydrogens is 190 g/mol. The van der Waals surface area contributed by atoms with Crippen LogP contribution in [0.2, 0.25) is 0 Å². The van der Waals surface area contributed by atoms with Crippen molar-refractivity contribution in [3.05, 3.63) is 0 Å². The minimum atomic E-state index is -2.85. The highest BCUT2D eigenvalue weighted by molar-refractivity contribution is 6.17. The van der Waals surface area contributed by atoms with Crippen molar-refractivity contribution < 1.29 is 18.7 Å². The molecule has 0 aliphatic rings. The zero-order valence-corrected chi connectivity index (χ0v) is 7.44. The van der Waals surface area contributed by atoms with Crippen molar-refractivity contribution in [2.24, 2.45) is 5.41 Å². The molecule has 5 heteroatoms. The van der Waals surface area contributed by atoms with Crippen LogP contribution in [0, 0.1) is 5.41 Å². The SMILES string of the molecule is CC(CCCCl)(C(=O)O)C(F)F. The summed E-state index contributed by atoms with van der Waals surface area (Å²) in [4.78, 5) is 10.4. The number of carboxylic acids is 1. The van der Waals surface area contributed by atoms with E-state index >= 15 is 0 Å². The molecule has 1 N–H and O–H groups in total. The lowest BCUT2D eigenvalue weighted by molar-refractivity contribution is -0.158. The van der Waals surface area contributed by atoms with Gasteiger partial charge in [-0.25, -0.2) is 8.78 Å². The van der Waals surface area contributed by atoms with Crippen LogP contribution in [-0.4, -0.2) is 23.4 Å². The molecular formula is C7H11ClF2O2. The molecule has 0 aliphatic carbocycles. The summed E-state index contributed by atoms with van der Waals surface area (Å²) in [6.07, 6.45) is -2.66. The molecule has 0 spiro atoms. The third-order valence-electron chi connectivity index (χ3n) is 1.80. The summed E-state index contributed by atoms with van der Waals surface area (Å²) in [7, 11) is 0. The van der Waals surface area contributed by atoms with Gasteiger partial charge in [0.05, 0.1) is 0 Å². The summed E-state index contributed by atoms with van der Waals surface area (Å²) in [5.41, 5.74) is -1.95. The van der Waals surface area contributed by atoms with E-state index in [1.54, 1.807) is 0 Å². The van der Waals surface area contributed by atoms with Crippen LogP contribution >= 0.6 is 11.6 Å². The van der Waals surface area contributed by atoms with Gasteiger partial charge < -0.3 is 5.11 Å². The summed E-state index contributed by atoms with van der Waals surface area (Å²) in [6.45, 7) is 1.03. The van der Waals surface area contributed by atoms with Gasteiger partial charge in [0, 0.05) is 5.88 Å². The van der Waals surface area contributed by atoms with Gasteiger partial charge >= 0.3 is 5.97 Å². The van der Waals surface area contributed by atoms with Crippen LogP contribution < -0.4 is 0 Å². The number of rotatable bonds is 5. The second kappa shape index (κ2) is 4.60. The zero-order chi connectivity index (χ0) is 9.78. The number of alkyl halides is 3. The van der Waals surface area contributed by atoms with Gasteiger partial charge in [0.25, 0.3) is 6.43 Å². The molecule has 1 unspecified atom stereocenters. The predicted molar refractivity (Wildman–Crippen MR) is 41.7 cm³/mol. The third-order valence-corrected chi connectivity index (χ3v) is 2.07. The van der Waals surface area contributed by atoms with Crippen molar-refractivity contribution in [2.75, 3.05) is 5.88 Å². The Morgan fingerprint density at radius 2 is 2.17 bits per heavy atom. The van der Waals surface area contributed by atoms with Crippen LogP contribution in [-0.2, 0) is 4.79 Å². The third kappa shape index (κ3) is 2.59. The summed E-state index contributed by atoms with van der Waals surface area (Å²) in [6, 6.07) is 0. The van der Waals surface area contributed by atoms with Crippen molar-refractivity contribution >= 4 is 17.6 Å². The predicted octanol–water partition coefficient (Wildman–Crippen LogP) is 2.36. The second-order valence-corrected chi connectivity index (χ2v) is 3.19. The van der Waals surface area contributed by atoms with Crippen LogP contribution in [0.25, 0.3) is 0 Å². The summed E-state index contributed by atoms with van der Waals surface area (Å²) in [5, 5.41) is 8.51.